The van der Waals surface area contributed by atoms with Crippen molar-refractivity contribution in [3.63, 3.8) is 0 Å². The molecule has 1 aromatic carbocycles. The lowest BCUT2D eigenvalue weighted by Gasteiger charge is -2.06. The quantitative estimate of drug-likeness (QED) is 0.648. The summed E-state index contributed by atoms with van der Waals surface area (Å²) in [5.74, 6) is -0.826. The van der Waals surface area contributed by atoms with E-state index < -0.39 is 11.8 Å². The summed E-state index contributed by atoms with van der Waals surface area (Å²) in [5.41, 5.74) is 6.52. The number of aromatic amines is 1. The standard InChI is InChI=1S/C16H13N3O3/c20-15(13-7-4-9-17-13)18-19-16(21)14-12(8-10-22-14)11-5-2-1-3-6-11/h1-10,17H,(H,18,20)(H,19,21). The molecule has 0 aliphatic rings. The molecule has 3 aromatic rings. The topological polar surface area (TPSA) is 87.1 Å². The van der Waals surface area contributed by atoms with E-state index >= 15 is 0 Å². The molecule has 3 rings (SSSR count). The molecule has 0 spiro atoms. The minimum atomic E-state index is -0.524. The number of hydrogen-bond acceptors (Lipinski definition) is 3. The normalized spacial score (nSPS) is 10.2. The van der Waals surface area contributed by atoms with Crippen LogP contribution in [0.4, 0.5) is 0 Å². The number of rotatable bonds is 3. The van der Waals surface area contributed by atoms with Gasteiger partial charge in [-0.25, -0.2) is 0 Å². The van der Waals surface area contributed by atoms with Crippen LogP contribution in [0.15, 0.2) is 65.4 Å². The zero-order valence-electron chi connectivity index (χ0n) is 11.5. The van der Waals surface area contributed by atoms with Gasteiger partial charge in [-0.3, -0.25) is 20.4 Å². The first-order chi connectivity index (χ1) is 10.8. The lowest BCUT2D eigenvalue weighted by Crippen LogP contribution is -2.41. The molecule has 0 saturated heterocycles. The maximum absolute atomic E-state index is 12.1. The summed E-state index contributed by atoms with van der Waals surface area (Å²) in [6.07, 6.45) is 3.06. The number of aromatic nitrogens is 1. The molecule has 110 valence electrons. The maximum atomic E-state index is 12.1. The van der Waals surface area contributed by atoms with E-state index in [2.05, 4.69) is 15.8 Å². The average Bonchev–Trinajstić information content (AvgIpc) is 3.24. The Morgan fingerprint density at radius 2 is 1.68 bits per heavy atom. The molecule has 0 radical (unpaired) electrons. The van der Waals surface area contributed by atoms with Crippen molar-refractivity contribution in [2.45, 2.75) is 0 Å². The number of H-pyrrole nitrogens is 1. The van der Waals surface area contributed by atoms with Gasteiger partial charge in [0.1, 0.15) is 5.69 Å². The van der Waals surface area contributed by atoms with E-state index in [-0.39, 0.29) is 5.76 Å². The summed E-state index contributed by atoms with van der Waals surface area (Å²) in [4.78, 5) is 26.6. The van der Waals surface area contributed by atoms with E-state index in [9.17, 15) is 9.59 Å². The Morgan fingerprint density at radius 3 is 2.41 bits per heavy atom. The van der Waals surface area contributed by atoms with E-state index in [0.717, 1.165) is 5.56 Å². The van der Waals surface area contributed by atoms with Crippen LogP contribution in [0, 0.1) is 0 Å². The first-order valence-corrected chi connectivity index (χ1v) is 6.62. The van der Waals surface area contributed by atoms with Crippen molar-refractivity contribution < 1.29 is 14.0 Å². The van der Waals surface area contributed by atoms with Crippen molar-refractivity contribution in [2.24, 2.45) is 0 Å². The average molecular weight is 295 g/mol. The van der Waals surface area contributed by atoms with Crippen LogP contribution in [-0.4, -0.2) is 16.8 Å². The Kier molecular flexibility index (Phi) is 3.74. The van der Waals surface area contributed by atoms with Gasteiger partial charge in [0.15, 0.2) is 0 Å². The van der Waals surface area contributed by atoms with Crippen LogP contribution in [0.3, 0.4) is 0 Å². The van der Waals surface area contributed by atoms with Gasteiger partial charge in [-0.1, -0.05) is 30.3 Å². The number of carbonyl (C=O) groups excluding carboxylic acids is 2. The lowest BCUT2D eigenvalue weighted by atomic mass is 10.1. The van der Waals surface area contributed by atoms with E-state index in [1.807, 2.05) is 30.3 Å². The highest BCUT2D eigenvalue weighted by Gasteiger charge is 2.17. The zero-order chi connectivity index (χ0) is 15.4. The summed E-state index contributed by atoms with van der Waals surface area (Å²) in [6.45, 7) is 0. The summed E-state index contributed by atoms with van der Waals surface area (Å²) in [7, 11) is 0. The third-order valence-electron chi connectivity index (χ3n) is 3.09. The number of furan rings is 1. The van der Waals surface area contributed by atoms with Gasteiger partial charge in [-0.05, 0) is 23.8 Å². The third kappa shape index (κ3) is 2.76. The van der Waals surface area contributed by atoms with Gasteiger partial charge in [0, 0.05) is 11.8 Å². The summed E-state index contributed by atoms with van der Waals surface area (Å²) in [6, 6.07) is 14.4. The van der Waals surface area contributed by atoms with Gasteiger partial charge in [0.05, 0.1) is 6.26 Å². The van der Waals surface area contributed by atoms with Crippen LogP contribution in [0.1, 0.15) is 21.0 Å². The van der Waals surface area contributed by atoms with E-state index in [1.54, 1.807) is 24.4 Å². The summed E-state index contributed by atoms with van der Waals surface area (Å²) >= 11 is 0. The molecule has 0 saturated carbocycles. The van der Waals surface area contributed by atoms with E-state index in [0.29, 0.717) is 11.3 Å². The van der Waals surface area contributed by atoms with Gasteiger partial charge in [-0.15, -0.1) is 0 Å². The molecule has 6 heteroatoms. The van der Waals surface area contributed by atoms with E-state index in [4.69, 9.17) is 4.42 Å². The summed E-state index contributed by atoms with van der Waals surface area (Å²) in [5, 5.41) is 0. The molecule has 0 bridgehead atoms. The Labute approximate surface area is 126 Å². The fraction of sp³-hybridized carbons (Fsp3) is 0. The molecule has 0 aliphatic carbocycles. The van der Waals surface area contributed by atoms with Crippen molar-refractivity contribution in [3.8, 4) is 11.1 Å². The Balaban J connectivity index is 1.71. The zero-order valence-corrected chi connectivity index (χ0v) is 11.5. The van der Waals surface area contributed by atoms with Crippen LogP contribution in [0.5, 0.6) is 0 Å². The second-order valence-electron chi connectivity index (χ2n) is 4.52. The number of carbonyl (C=O) groups is 2. The minimum Gasteiger partial charge on any atom is -0.458 e. The second kappa shape index (κ2) is 6.01. The second-order valence-corrected chi connectivity index (χ2v) is 4.52. The lowest BCUT2D eigenvalue weighted by molar-refractivity contribution is 0.0829. The number of hydrazine groups is 1. The molecule has 22 heavy (non-hydrogen) atoms. The van der Waals surface area contributed by atoms with Crippen molar-refractivity contribution in [1.82, 2.24) is 15.8 Å². The highest BCUT2D eigenvalue weighted by atomic mass is 16.3. The molecule has 0 unspecified atom stereocenters. The van der Waals surface area contributed by atoms with Crippen LogP contribution in [0.25, 0.3) is 11.1 Å². The predicted octanol–water partition coefficient (Wildman–Crippen LogP) is 2.35. The largest absolute Gasteiger partial charge is 0.458 e. The van der Waals surface area contributed by atoms with Gasteiger partial charge < -0.3 is 9.40 Å². The number of amides is 2. The van der Waals surface area contributed by atoms with E-state index in [1.165, 1.54) is 6.26 Å². The Hall–Kier alpha value is -3.28. The minimum absolute atomic E-state index is 0.137. The van der Waals surface area contributed by atoms with Crippen LogP contribution in [0.2, 0.25) is 0 Å². The predicted molar refractivity (Wildman–Crippen MR) is 79.9 cm³/mol. The maximum Gasteiger partial charge on any atom is 0.306 e. The molecular formula is C16H13N3O3. The van der Waals surface area contributed by atoms with Crippen molar-refractivity contribution in [2.75, 3.05) is 0 Å². The Morgan fingerprint density at radius 1 is 0.909 bits per heavy atom. The molecular weight excluding hydrogens is 282 g/mol. The monoisotopic (exact) mass is 295 g/mol. The highest BCUT2D eigenvalue weighted by molar-refractivity contribution is 6.00. The molecule has 0 atom stereocenters. The van der Waals surface area contributed by atoms with Gasteiger partial charge >= 0.3 is 5.91 Å². The first kappa shape index (κ1) is 13.7. The molecule has 0 fully saturated rings. The molecule has 6 nitrogen and oxygen atoms in total. The SMILES string of the molecule is O=C(NNC(=O)c1occc1-c1ccccc1)c1ccc[nH]1. The number of hydrogen-bond donors (Lipinski definition) is 3. The highest BCUT2D eigenvalue weighted by Crippen LogP contribution is 2.24. The van der Waals surface area contributed by atoms with Gasteiger partial charge in [0.25, 0.3) is 5.91 Å². The Bertz CT molecular complexity index is 776. The number of benzene rings is 1. The van der Waals surface area contributed by atoms with Gasteiger partial charge in [0.2, 0.25) is 5.76 Å². The van der Waals surface area contributed by atoms with Gasteiger partial charge in [-0.2, -0.15) is 0 Å². The van der Waals surface area contributed by atoms with Crippen molar-refractivity contribution >= 4 is 11.8 Å². The summed E-state index contributed by atoms with van der Waals surface area (Å²) < 4.78 is 5.23. The van der Waals surface area contributed by atoms with Crippen LogP contribution in [-0.2, 0) is 0 Å². The molecule has 2 heterocycles. The van der Waals surface area contributed by atoms with Crippen molar-refractivity contribution in [1.29, 1.82) is 0 Å². The molecule has 3 N–H and O–H groups in total. The van der Waals surface area contributed by atoms with Crippen LogP contribution >= 0.6 is 0 Å². The first-order valence-electron chi connectivity index (χ1n) is 6.62. The fourth-order valence-corrected chi connectivity index (χ4v) is 2.04. The molecule has 2 amide bonds. The smallest absolute Gasteiger partial charge is 0.306 e. The number of nitrogens with one attached hydrogen (secondary N) is 3. The van der Waals surface area contributed by atoms with Crippen molar-refractivity contribution in [3.05, 3.63) is 72.4 Å². The fourth-order valence-electron chi connectivity index (χ4n) is 2.04. The third-order valence-corrected chi connectivity index (χ3v) is 3.09. The van der Waals surface area contributed by atoms with Crippen LogP contribution < -0.4 is 10.9 Å². The molecule has 2 aromatic heterocycles. The molecule has 0 aliphatic heterocycles.